The van der Waals surface area contributed by atoms with E-state index in [0.29, 0.717) is 6.42 Å². The number of hydrogen-bond donors (Lipinski definition) is 6. The van der Waals surface area contributed by atoms with Crippen LogP contribution in [0.4, 0.5) is 0 Å². The number of primary amides is 1. The van der Waals surface area contributed by atoms with Crippen LogP contribution in [0.15, 0.2) is 0 Å². The lowest BCUT2D eigenvalue weighted by Crippen LogP contribution is -2.55. The molecule has 9 nitrogen and oxygen atoms in total. The van der Waals surface area contributed by atoms with Gasteiger partial charge < -0.3 is 27.2 Å². The van der Waals surface area contributed by atoms with E-state index in [1.54, 1.807) is 0 Å². The van der Waals surface area contributed by atoms with Crippen LogP contribution >= 0.6 is 12.6 Å². The van der Waals surface area contributed by atoms with Gasteiger partial charge in [-0.25, -0.2) is 4.79 Å². The second-order valence-corrected chi connectivity index (χ2v) is 6.25. The van der Waals surface area contributed by atoms with Crippen molar-refractivity contribution in [3.8, 4) is 0 Å². The fourth-order valence-electron chi connectivity index (χ4n) is 1.91. The number of nitrogens with one attached hydrogen (secondary N) is 2. The summed E-state index contributed by atoms with van der Waals surface area (Å²) in [5, 5.41) is 13.6. The number of amides is 3. The standard InChI is InChI=1S/C14H26N4O5S/c1-7(2)5-8(15)12(20)17-9(3-4-11(16)19)13(21)18-10(6-24)14(22)23/h7-10,24H,3-6,15H2,1-2H3,(H2,16,19)(H,17,20)(H,18,21)(H,22,23). The lowest BCUT2D eigenvalue weighted by Gasteiger charge is -2.22. The number of carbonyl (C=O) groups is 4. The Labute approximate surface area is 146 Å². The number of rotatable bonds is 11. The van der Waals surface area contributed by atoms with Gasteiger partial charge in [-0.1, -0.05) is 13.8 Å². The van der Waals surface area contributed by atoms with Crippen molar-refractivity contribution >= 4 is 36.3 Å². The largest absolute Gasteiger partial charge is 0.480 e. The third-order valence-corrected chi connectivity index (χ3v) is 3.54. The van der Waals surface area contributed by atoms with Gasteiger partial charge in [0.15, 0.2) is 0 Å². The number of carbonyl (C=O) groups excluding carboxylic acids is 3. The summed E-state index contributed by atoms with van der Waals surface area (Å²) in [6.45, 7) is 3.79. The Bertz CT molecular complexity index is 472. The van der Waals surface area contributed by atoms with Crippen molar-refractivity contribution in [3.05, 3.63) is 0 Å². The molecular formula is C14H26N4O5S. The summed E-state index contributed by atoms with van der Waals surface area (Å²) in [7, 11) is 0. The quantitative estimate of drug-likeness (QED) is 0.248. The van der Waals surface area contributed by atoms with Crippen molar-refractivity contribution in [2.75, 3.05) is 5.75 Å². The molecule has 0 radical (unpaired) electrons. The average Bonchev–Trinajstić information content (AvgIpc) is 2.46. The van der Waals surface area contributed by atoms with Crippen LogP contribution in [-0.4, -0.2) is 52.7 Å². The number of hydrogen-bond acceptors (Lipinski definition) is 6. The molecule has 0 bridgehead atoms. The Morgan fingerprint density at radius 3 is 2.04 bits per heavy atom. The fraction of sp³-hybridized carbons (Fsp3) is 0.714. The number of nitrogens with two attached hydrogens (primary N) is 2. The van der Waals surface area contributed by atoms with Crippen molar-refractivity contribution in [1.29, 1.82) is 0 Å². The van der Waals surface area contributed by atoms with E-state index in [2.05, 4.69) is 23.3 Å². The van der Waals surface area contributed by atoms with Gasteiger partial charge in [0.2, 0.25) is 17.7 Å². The number of aliphatic carboxylic acids is 1. The molecule has 0 heterocycles. The van der Waals surface area contributed by atoms with Gasteiger partial charge in [0.25, 0.3) is 0 Å². The van der Waals surface area contributed by atoms with E-state index in [9.17, 15) is 19.2 Å². The highest BCUT2D eigenvalue weighted by molar-refractivity contribution is 7.80. The highest BCUT2D eigenvalue weighted by atomic mass is 32.1. The van der Waals surface area contributed by atoms with E-state index in [1.165, 1.54) is 0 Å². The second kappa shape index (κ2) is 10.9. The highest BCUT2D eigenvalue weighted by Crippen LogP contribution is 2.05. The van der Waals surface area contributed by atoms with Crippen molar-refractivity contribution in [3.63, 3.8) is 0 Å². The molecule has 0 aliphatic carbocycles. The third kappa shape index (κ3) is 8.73. The molecule has 0 aliphatic heterocycles. The van der Waals surface area contributed by atoms with Crippen LogP contribution in [0.3, 0.4) is 0 Å². The molecule has 24 heavy (non-hydrogen) atoms. The van der Waals surface area contributed by atoms with Crippen LogP contribution in [0.2, 0.25) is 0 Å². The highest BCUT2D eigenvalue weighted by Gasteiger charge is 2.27. The first-order chi connectivity index (χ1) is 11.1. The van der Waals surface area contributed by atoms with E-state index in [1.807, 2.05) is 13.8 Å². The Kier molecular flexibility index (Phi) is 10.0. The molecule has 0 saturated heterocycles. The van der Waals surface area contributed by atoms with Crippen LogP contribution in [0, 0.1) is 5.92 Å². The smallest absolute Gasteiger partial charge is 0.327 e. The van der Waals surface area contributed by atoms with Gasteiger partial charge >= 0.3 is 5.97 Å². The second-order valence-electron chi connectivity index (χ2n) is 5.88. The zero-order valence-electron chi connectivity index (χ0n) is 13.8. The minimum atomic E-state index is -1.25. The van der Waals surface area contributed by atoms with E-state index in [-0.39, 0.29) is 24.5 Å². The lowest BCUT2D eigenvalue weighted by molar-refractivity contribution is -0.141. The molecule has 0 saturated carbocycles. The predicted octanol–water partition coefficient (Wildman–Crippen LogP) is -1.39. The summed E-state index contributed by atoms with van der Waals surface area (Å²) in [6.07, 6.45) is 0.223. The maximum atomic E-state index is 12.2. The lowest BCUT2D eigenvalue weighted by atomic mass is 10.0. The number of carboxylic acids is 1. The maximum Gasteiger partial charge on any atom is 0.327 e. The molecule has 0 fully saturated rings. The van der Waals surface area contributed by atoms with Crippen LogP contribution in [0.1, 0.15) is 33.1 Å². The molecule has 10 heteroatoms. The van der Waals surface area contributed by atoms with Gasteiger partial charge in [-0.2, -0.15) is 12.6 Å². The molecule has 7 N–H and O–H groups in total. The number of thiol groups is 1. The molecule has 0 aromatic heterocycles. The summed E-state index contributed by atoms with van der Waals surface area (Å²) < 4.78 is 0. The molecule has 0 aromatic carbocycles. The first-order valence-electron chi connectivity index (χ1n) is 7.56. The van der Waals surface area contributed by atoms with Gasteiger partial charge in [-0.15, -0.1) is 0 Å². The average molecular weight is 362 g/mol. The van der Waals surface area contributed by atoms with Crippen LogP contribution in [0.5, 0.6) is 0 Å². The molecule has 3 unspecified atom stereocenters. The van der Waals surface area contributed by atoms with Crippen LogP contribution in [-0.2, 0) is 19.2 Å². The fourth-order valence-corrected chi connectivity index (χ4v) is 2.15. The summed E-state index contributed by atoms with van der Waals surface area (Å²) in [5.74, 6) is -3.12. The Morgan fingerprint density at radius 2 is 1.62 bits per heavy atom. The maximum absolute atomic E-state index is 12.2. The van der Waals surface area contributed by atoms with Gasteiger partial charge in [-0.3, -0.25) is 14.4 Å². The van der Waals surface area contributed by atoms with E-state index >= 15 is 0 Å². The minimum Gasteiger partial charge on any atom is -0.480 e. The third-order valence-electron chi connectivity index (χ3n) is 3.17. The monoisotopic (exact) mass is 362 g/mol. The number of carboxylic acid groups (broad SMARTS) is 1. The molecule has 0 rings (SSSR count). The molecule has 0 aliphatic rings. The van der Waals surface area contributed by atoms with E-state index in [4.69, 9.17) is 16.6 Å². The first-order valence-corrected chi connectivity index (χ1v) is 8.20. The van der Waals surface area contributed by atoms with Gasteiger partial charge in [0.1, 0.15) is 12.1 Å². The Hall–Kier alpha value is -1.81. The SMILES string of the molecule is CC(C)CC(N)C(=O)NC(CCC(N)=O)C(=O)NC(CS)C(=O)O. The molecule has 138 valence electrons. The molecule has 0 aromatic rings. The van der Waals surface area contributed by atoms with Crippen LogP contribution in [0.25, 0.3) is 0 Å². The van der Waals surface area contributed by atoms with Gasteiger partial charge in [0.05, 0.1) is 6.04 Å². The topological polar surface area (TPSA) is 165 Å². The molecule has 3 atom stereocenters. The summed E-state index contributed by atoms with van der Waals surface area (Å²) in [6, 6.07) is -3.13. The molecule has 3 amide bonds. The van der Waals surface area contributed by atoms with E-state index in [0.717, 1.165) is 0 Å². The Morgan fingerprint density at radius 1 is 1.08 bits per heavy atom. The molecule has 0 spiro atoms. The van der Waals surface area contributed by atoms with E-state index < -0.39 is 41.8 Å². The van der Waals surface area contributed by atoms with Crippen molar-refractivity contribution < 1.29 is 24.3 Å². The summed E-state index contributed by atoms with van der Waals surface area (Å²) in [4.78, 5) is 46.1. The van der Waals surface area contributed by atoms with Gasteiger partial charge in [-0.05, 0) is 18.8 Å². The van der Waals surface area contributed by atoms with Crippen molar-refractivity contribution in [1.82, 2.24) is 10.6 Å². The Balaban J connectivity index is 4.95. The normalized spacial score (nSPS) is 14.5. The summed E-state index contributed by atoms with van der Waals surface area (Å²) in [5.41, 5.74) is 10.8. The predicted molar refractivity (Wildman–Crippen MR) is 91.2 cm³/mol. The van der Waals surface area contributed by atoms with Crippen LogP contribution < -0.4 is 22.1 Å². The van der Waals surface area contributed by atoms with Gasteiger partial charge in [0, 0.05) is 12.2 Å². The minimum absolute atomic E-state index is 0.0553. The summed E-state index contributed by atoms with van der Waals surface area (Å²) >= 11 is 3.85. The first kappa shape index (κ1) is 22.2. The van der Waals surface area contributed by atoms with Crippen molar-refractivity contribution in [2.45, 2.75) is 51.2 Å². The zero-order chi connectivity index (χ0) is 18.9. The zero-order valence-corrected chi connectivity index (χ0v) is 14.7. The molecular weight excluding hydrogens is 336 g/mol. The van der Waals surface area contributed by atoms with Crippen molar-refractivity contribution in [2.24, 2.45) is 17.4 Å².